The summed E-state index contributed by atoms with van der Waals surface area (Å²) >= 11 is 1.75. The fourth-order valence-corrected chi connectivity index (χ4v) is 3.88. The molecule has 0 spiro atoms. The molecule has 0 radical (unpaired) electrons. The summed E-state index contributed by atoms with van der Waals surface area (Å²) in [5, 5.41) is 0. The van der Waals surface area contributed by atoms with Crippen LogP contribution in [0, 0.1) is 0 Å². The number of hydrogen-bond acceptors (Lipinski definition) is 3. The zero-order chi connectivity index (χ0) is 16.8. The van der Waals surface area contributed by atoms with Crippen molar-refractivity contribution in [3.8, 4) is 5.75 Å². The molecular formula is C20H23NO2S. The first kappa shape index (κ1) is 16.9. The van der Waals surface area contributed by atoms with E-state index >= 15 is 0 Å². The first-order valence-corrected chi connectivity index (χ1v) is 9.40. The van der Waals surface area contributed by atoms with Crippen LogP contribution in [0.25, 0.3) is 0 Å². The van der Waals surface area contributed by atoms with Crippen LogP contribution in [0.2, 0.25) is 0 Å². The molecule has 2 aromatic rings. The summed E-state index contributed by atoms with van der Waals surface area (Å²) in [6.45, 7) is 1.75. The van der Waals surface area contributed by atoms with Crippen molar-refractivity contribution >= 4 is 17.7 Å². The van der Waals surface area contributed by atoms with E-state index in [9.17, 15) is 4.79 Å². The Morgan fingerprint density at radius 1 is 1.08 bits per heavy atom. The molecule has 1 aliphatic rings. The van der Waals surface area contributed by atoms with E-state index in [-0.39, 0.29) is 5.91 Å². The summed E-state index contributed by atoms with van der Waals surface area (Å²) in [6.07, 6.45) is 3.45. The van der Waals surface area contributed by atoms with Crippen LogP contribution < -0.4 is 4.74 Å². The van der Waals surface area contributed by atoms with Crippen LogP contribution in [0.4, 0.5) is 0 Å². The van der Waals surface area contributed by atoms with Gasteiger partial charge in [0.2, 0.25) is 0 Å². The third-order valence-corrected chi connectivity index (χ3v) is 5.37. The van der Waals surface area contributed by atoms with Gasteiger partial charge >= 0.3 is 0 Å². The molecular weight excluding hydrogens is 318 g/mol. The van der Waals surface area contributed by atoms with Gasteiger partial charge in [-0.1, -0.05) is 18.2 Å². The van der Waals surface area contributed by atoms with Gasteiger partial charge in [-0.3, -0.25) is 4.79 Å². The van der Waals surface area contributed by atoms with Gasteiger partial charge in [-0.25, -0.2) is 0 Å². The van der Waals surface area contributed by atoms with E-state index in [2.05, 4.69) is 12.1 Å². The number of likely N-dealkylation sites (tertiary alicyclic amines) is 1. The monoisotopic (exact) mass is 341 g/mol. The van der Waals surface area contributed by atoms with Crippen LogP contribution in [0.5, 0.6) is 5.75 Å². The van der Waals surface area contributed by atoms with E-state index in [1.165, 1.54) is 11.3 Å². The highest BCUT2D eigenvalue weighted by Crippen LogP contribution is 2.29. The number of carbonyl (C=O) groups is 1. The minimum Gasteiger partial charge on any atom is -0.496 e. The van der Waals surface area contributed by atoms with Crippen molar-refractivity contribution < 1.29 is 9.53 Å². The largest absolute Gasteiger partial charge is 0.496 e. The van der Waals surface area contributed by atoms with Gasteiger partial charge in [0.05, 0.1) is 7.11 Å². The lowest BCUT2D eigenvalue weighted by atomic mass is 10.1. The van der Waals surface area contributed by atoms with Crippen LogP contribution >= 0.6 is 11.8 Å². The van der Waals surface area contributed by atoms with Crippen LogP contribution in [-0.4, -0.2) is 31.0 Å². The summed E-state index contributed by atoms with van der Waals surface area (Å²) in [5.41, 5.74) is 1.83. The molecule has 0 N–H and O–H groups in total. The number of piperidine rings is 1. The summed E-state index contributed by atoms with van der Waals surface area (Å²) in [6, 6.07) is 16.1. The number of hydrogen-bond donors (Lipinski definition) is 0. The maximum Gasteiger partial charge on any atom is 0.253 e. The van der Waals surface area contributed by atoms with Gasteiger partial charge in [0, 0.05) is 34.9 Å². The fourth-order valence-electron chi connectivity index (χ4n) is 2.98. The highest BCUT2D eigenvalue weighted by atomic mass is 32.2. The fraction of sp³-hybridized carbons (Fsp3) is 0.350. The molecule has 2 aromatic carbocycles. The van der Waals surface area contributed by atoms with Crippen molar-refractivity contribution in [1.29, 1.82) is 0 Å². The molecule has 0 atom stereocenters. The standard InChI is InChI=1S/C20H23NO2S/c1-23-19-11-10-16(20(22)21-12-6-3-7-13-21)14-17(19)15-24-18-8-4-2-5-9-18/h2,4-5,8-11,14H,3,6-7,12-13,15H2,1H3. The second-order valence-electron chi connectivity index (χ2n) is 5.98. The van der Waals surface area contributed by atoms with E-state index in [1.807, 2.05) is 41.3 Å². The van der Waals surface area contributed by atoms with Crippen LogP contribution in [0.1, 0.15) is 35.2 Å². The summed E-state index contributed by atoms with van der Waals surface area (Å²) in [7, 11) is 1.68. The molecule has 0 unspecified atom stereocenters. The molecule has 4 heteroatoms. The molecule has 1 saturated heterocycles. The summed E-state index contributed by atoms with van der Waals surface area (Å²) < 4.78 is 5.48. The lowest BCUT2D eigenvalue weighted by Crippen LogP contribution is -2.35. The first-order valence-electron chi connectivity index (χ1n) is 8.42. The normalized spacial score (nSPS) is 14.5. The van der Waals surface area contributed by atoms with Gasteiger partial charge in [-0.15, -0.1) is 11.8 Å². The highest BCUT2D eigenvalue weighted by molar-refractivity contribution is 7.98. The lowest BCUT2D eigenvalue weighted by molar-refractivity contribution is 0.0724. The van der Waals surface area contributed by atoms with Crippen molar-refractivity contribution in [2.75, 3.05) is 20.2 Å². The lowest BCUT2D eigenvalue weighted by Gasteiger charge is -2.27. The topological polar surface area (TPSA) is 29.5 Å². The number of nitrogens with zero attached hydrogens (tertiary/aromatic N) is 1. The third kappa shape index (κ3) is 4.12. The first-order chi connectivity index (χ1) is 11.8. The Kier molecular flexibility index (Phi) is 5.81. The molecule has 0 bridgehead atoms. The zero-order valence-electron chi connectivity index (χ0n) is 14.0. The molecule has 0 saturated carbocycles. The number of methoxy groups -OCH3 is 1. The van der Waals surface area contributed by atoms with Gasteiger partial charge in [-0.2, -0.15) is 0 Å². The van der Waals surface area contributed by atoms with Gasteiger partial charge in [0.1, 0.15) is 5.75 Å². The maximum absolute atomic E-state index is 12.7. The number of thioether (sulfide) groups is 1. The Balaban J connectivity index is 1.75. The van der Waals surface area contributed by atoms with Gasteiger partial charge < -0.3 is 9.64 Å². The van der Waals surface area contributed by atoms with Crippen molar-refractivity contribution in [3.63, 3.8) is 0 Å². The quantitative estimate of drug-likeness (QED) is 0.744. The number of benzene rings is 2. The molecule has 1 heterocycles. The molecule has 3 rings (SSSR count). The number of rotatable bonds is 5. The Morgan fingerprint density at radius 3 is 2.54 bits per heavy atom. The van der Waals surface area contributed by atoms with Gasteiger partial charge in [0.15, 0.2) is 0 Å². The zero-order valence-corrected chi connectivity index (χ0v) is 14.8. The molecule has 0 aliphatic carbocycles. The van der Waals surface area contributed by atoms with E-state index < -0.39 is 0 Å². The summed E-state index contributed by atoms with van der Waals surface area (Å²) in [5.74, 6) is 1.77. The van der Waals surface area contributed by atoms with E-state index in [1.54, 1.807) is 18.9 Å². The Hall–Kier alpha value is -1.94. The molecule has 126 valence electrons. The molecule has 24 heavy (non-hydrogen) atoms. The second kappa shape index (κ2) is 8.25. The van der Waals surface area contributed by atoms with Gasteiger partial charge in [0.25, 0.3) is 5.91 Å². The SMILES string of the molecule is COc1ccc(C(=O)N2CCCCC2)cc1CSc1ccccc1. The number of carbonyl (C=O) groups excluding carboxylic acids is 1. The molecule has 1 amide bonds. The van der Waals surface area contributed by atoms with E-state index in [0.29, 0.717) is 0 Å². The Bertz CT molecular complexity index is 681. The van der Waals surface area contributed by atoms with E-state index in [0.717, 1.165) is 48.6 Å². The van der Waals surface area contributed by atoms with Crippen LogP contribution in [0.15, 0.2) is 53.4 Å². The second-order valence-corrected chi connectivity index (χ2v) is 7.03. The van der Waals surface area contributed by atoms with E-state index in [4.69, 9.17) is 4.74 Å². The van der Waals surface area contributed by atoms with Gasteiger partial charge in [-0.05, 0) is 49.6 Å². The average Bonchev–Trinajstić information content (AvgIpc) is 2.67. The minimum absolute atomic E-state index is 0.142. The Morgan fingerprint density at radius 2 is 1.83 bits per heavy atom. The van der Waals surface area contributed by atoms with Crippen molar-refractivity contribution in [1.82, 2.24) is 4.90 Å². The van der Waals surface area contributed by atoms with Crippen LogP contribution in [0.3, 0.4) is 0 Å². The molecule has 3 nitrogen and oxygen atoms in total. The van der Waals surface area contributed by atoms with Crippen LogP contribution in [-0.2, 0) is 5.75 Å². The predicted molar refractivity (Wildman–Crippen MR) is 98.8 cm³/mol. The van der Waals surface area contributed by atoms with Crippen molar-refractivity contribution in [3.05, 3.63) is 59.7 Å². The number of amides is 1. The maximum atomic E-state index is 12.7. The third-order valence-electron chi connectivity index (χ3n) is 4.31. The minimum atomic E-state index is 0.142. The van der Waals surface area contributed by atoms with Crippen molar-refractivity contribution in [2.45, 2.75) is 29.9 Å². The highest BCUT2D eigenvalue weighted by Gasteiger charge is 2.19. The summed E-state index contributed by atoms with van der Waals surface area (Å²) in [4.78, 5) is 15.9. The number of ether oxygens (including phenoxy) is 1. The molecule has 1 fully saturated rings. The molecule has 0 aromatic heterocycles. The molecule has 1 aliphatic heterocycles. The van der Waals surface area contributed by atoms with Crippen molar-refractivity contribution in [2.24, 2.45) is 0 Å². The Labute approximate surface area is 148 Å². The predicted octanol–water partition coefficient (Wildman–Crippen LogP) is 4.61. The average molecular weight is 341 g/mol. The smallest absolute Gasteiger partial charge is 0.253 e.